The molecule has 0 saturated carbocycles. The highest BCUT2D eigenvalue weighted by atomic mass is 16.5. The van der Waals surface area contributed by atoms with Gasteiger partial charge in [0.1, 0.15) is 24.5 Å². The summed E-state index contributed by atoms with van der Waals surface area (Å²) in [5, 5.41) is 12.6. The number of nitriles is 1. The molecular weight excluding hydrogens is 462 g/mol. The van der Waals surface area contributed by atoms with Crippen molar-refractivity contribution in [1.29, 1.82) is 5.26 Å². The van der Waals surface area contributed by atoms with Crippen molar-refractivity contribution in [3.05, 3.63) is 79.2 Å². The van der Waals surface area contributed by atoms with Gasteiger partial charge in [0.05, 0.1) is 29.4 Å². The third-order valence-electron chi connectivity index (χ3n) is 7.15. The Kier molecular flexibility index (Phi) is 5.78. The zero-order valence-corrected chi connectivity index (χ0v) is 20.3. The standard InChI is InChI=1S/C30H25N5O2/c1-2-27(36)35-15-14-34(18-21(35)12-13-31)30-28-26(32-19-33-30)17-25(24-11-6-16-37-29(24)28)23-10-5-8-20-7-3-4-9-22(20)23/h2-11,17,19,21H,1,12,14-16,18H2/t21-/m0/s1. The summed E-state index contributed by atoms with van der Waals surface area (Å²) in [6.07, 6.45) is 7.27. The number of rotatable bonds is 4. The SMILES string of the molecule is C=CC(=O)N1CCN(c2ncnc3cc(-c4cccc5ccccc45)c4c(c23)OCC=C4)C[C@@H]1CC#N. The predicted molar refractivity (Wildman–Crippen MR) is 145 cm³/mol. The van der Waals surface area contributed by atoms with Crippen LogP contribution in [0.3, 0.4) is 0 Å². The largest absolute Gasteiger partial charge is 0.488 e. The number of anilines is 1. The Labute approximate surface area is 214 Å². The molecule has 2 aliphatic heterocycles. The number of ether oxygens (including phenoxy) is 1. The lowest BCUT2D eigenvalue weighted by Crippen LogP contribution is -2.55. The summed E-state index contributed by atoms with van der Waals surface area (Å²) in [6, 6.07) is 18.8. The van der Waals surface area contributed by atoms with Gasteiger partial charge in [0, 0.05) is 25.2 Å². The van der Waals surface area contributed by atoms with Crippen molar-refractivity contribution in [2.24, 2.45) is 0 Å². The van der Waals surface area contributed by atoms with Gasteiger partial charge < -0.3 is 14.5 Å². The number of carbonyl (C=O) groups excluding carboxylic acids is 1. The number of hydrogen-bond donors (Lipinski definition) is 0. The third-order valence-corrected chi connectivity index (χ3v) is 7.15. The molecule has 1 saturated heterocycles. The Morgan fingerprint density at radius 1 is 1.16 bits per heavy atom. The number of hydrogen-bond acceptors (Lipinski definition) is 6. The molecule has 3 heterocycles. The number of nitrogens with zero attached hydrogens (tertiary/aromatic N) is 5. The van der Waals surface area contributed by atoms with E-state index >= 15 is 0 Å². The van der Waals surface area contributed by atoms with Gasteiger partial charge in [0.25, 0.3) is 0 Å². The molecular formula is C30H25N5O2. The van der Waals surface area contributed by atoms with E-state index < -0.39 is 0 Å². The molecule has 3 aromatic carbocycles. The van der Waals surface area contributed by atoms with E-state index in [-0.39, 0.29) is 18.4 Å². The van der Waals surface area contributed by atoms with E-state index in [1.807, 2.05) is 12.1 Å². The highest BCUT2D eigenvalue weighted by Crippen LogP contribution is 2.44. The van der Waals surface area contributed by atoms with Crippen molar-refractivity contribution in [3.8, 4) is 22.9 Å². The van der Waals surface area contributed by atoms with Gasteiger partial charge in [-0.3, -0.25) is 4.79 Å². The van der Waals surface area contributed by atoms with Gasteiger partial charge in [0.15, 0.2) is 0 Å². The van der Waals surface area contributed by atoms with Crippen molar-refractivity contribution < 1.29 is 9.53 Å². The zero-order chi connectivity index (χ0) is 25.4. The summed E-state index contributed by atoms with van der Waals surface area (Å²) in [6.45, 7) is 5.65. The number of benzene rings is 3. The van der Waals surface area contributed by atoms with Crippen LogP contribution in [0.5, 0.6) is 5.75 Å². The fraction of sp³-hybridized carbons (Fsp3) is 0.200. The molecule has 4 aromatic rings. The lowest BCUT2D eigenvalue weighted by molar-refractivity contribution is -0.128. The first-order chi connectivity index (χ1) is 18.2. The number of amides is 1. The average Bonchev–Trinajstić information content (AvgIpc) is 2.96. The molecule has 182 valence electrons. The second-order valence-corrected chi connectivity index (χ2v) is 9.20. The highest BCUT2D eigenvalue weighted by Gasteiger charge is 2.32. The van der Waals surface area contributed by atoms with E-state index in [4.69, 9.17) is 4.74 Å². The predicted octanol–water partition coefficient (Wildman–Crippen LogP) is 4.97. The highest BCUT2D eigenvalue weighted by molar-refractivity contribution is 6.06. The maximum Gasteiger partial charge on any atom is 0.246 e. The van der Waals surface area contributed by atoms with Crippen molar-refractivity contribution in [3.63, 3.8) is 0 Å². The number of carbonyl (C=O) groups is 1. The van der Waals surface area contributed by atoms with E-state index in [2.05, 4.69) is 76.1 Å². The fourth-order valence-electron chi connectivity index (χ4n) is 5.46. The molecule has 0 aliphatic carbocycles. The number of fused-ring (bicyclic) bond motifs is 4. The molecule has 37 heavy (non-hydrogen) atoms. The summed E-state index contributed by atoms with van der Waals surface area (Å²) in [5.41, 5.74) is 3.98. The smallest absolute Gasteiger partial charge is 0.246 e. The lowest BCUT2D eigenvalue weighted by Gasteiger charge is -2.41. The average molecular weight is 488 g/mol. The van der Waals surface area contributed by atoms with Crippen molar-refractivity contribution in [2.45, 2.75) is 12.5 Å². The molecule has 6 rings (SSSR count). The van der Waals surface area contributed by atoms with Gasteiger partial charge in [-0.1, -0.05) is 55.1 Å². The maximum absolute atomic E-state index is 12.4. The van der Waals surface area contributed by atoms with Gasteiger partial charge in [-0.25, -0.2) is 9.97 Å². The summed E-state index contributed by atoms with van der Waals surface area (Å²) in [4.78, 5) is 25.6. The van der Waals surface area contributed by atoms with Crippen LogP contribution in [0.4, 0.5) is 5.82 Å². The van der Waals surface area contributed by atoms with E-state index in [1.54, 1.807) is 11.2 Å². The number of aromatic nitrogens is 2. The lowest BCUT2D eigenvalue weighted by atomic mass is 9.91. The summed E-state index contributed by atoms with van der Waals surface area (Å²) >= 11 is 0. The van der Waals surface area contributed by atoms with Crippen LogP contribution in [-0.2, 0) is 4.79 Å². The molecule has 1 fully saturated rings. The second kappa shape index (κ2) is 9.40. The second-order valence-electron chi connectivity index (χ2n) is 9.20. The van der Waals surface area contributed by atoms with Crippen LogP contribution in [-0.4, -0.2) is 53.1 Å². The van der Waals surface area contributed by atoms with E-state index in [9.17, 15) is 10.1 Å². The summed E-state index contributed by atoms with van der Waals surface area (Å²) in [5.74, 6) is 1.37. The van der Waals surface area contributed by atoms with Crippen LogP contribution in [0.2, 0.25) is 0 Å². The van der Waals surface area contributed by atoms with Crippen LogP contribution in [0, 0.1) is 11.3 Å². The quantitative estimate of drug-likeness (QED) is 0.378. The van der Waals surface area contributed by atoms with Crippen LogP contribution >= 0.6 is 0 Å². The van der Waals surface area contributed by atoms with Crippen LogP contribution in [0.1, 0.15) is 12.0 Å². The molecule has 0 unspecified atom stereocenters. The fourth-order valence-corrected chi connectivity index (χ4v) is 5.46. The molecule has 7 heteroatoms. The zero-order valence-electron chi connectivity index (χ0n) is 20.3. The molecule has 1 atom stereocenters. The van der Waals surface area contributed by atoms with Gasteiger partial charge in [-0.05, 0) is 40.1 Å². The maximum atomic E-state index is 12.4. The van der Waals surface area contributed by atoms with Crippen LogP contribution in [0.15, 0.2) is 73.6 Å². The Morgan fingerprint density at radius 3 is 2.89 bits per heavy atom. The van der Waals surface area contributed by atoms with E-state index in [0.717, 1.165) is 39.2 Å². The summed E-state index contributed by atoms with van der Waals surface area (Å²) in [7, 11) is 0. The van der Waals surface area contributed by atoms with Gasteiger partial charge >= 0.3 is 0 Å². The monoisotopic (exact) mass is 487 g/mol. The molecule has 0 N–H and O–H groups in total. The minimum Gasteiger partial charge on any atom is -0.488 e. The van der Waals surface area contributed by atoms with Gasteiger partial charge in [0.2, 0.25) is 5.91 Å². The Bertz CT molecular complexity index is 1610. The molecule has 0 radical (unpaired) electrons. The molecule has 2 aliphatic rings. The van der Waals surface area contributed by atoms with Crippen molar-refractivity contribution >= 4 is 39.5 Å². The molecule has 1 amide bonds. The first kappa shape index (κ1) is 22.7. The minimum atomic E-state index is -0.249. The minimum absolute atomic E-state index is 0.155. The van der Waals surface area contributed by atoms with Crippen LogP contribution in [0.25, 0.3) is 38.9 Å². The van der Waals surface area contributed by atoms with Gasteiger partial charge in [-0.15, -0.1) is 0 Å². The van der Waals surface area contributed by atoms with Crippen molar-refractivity contribution in [2.75, 3.05) is 31.1 Å². The van der Waals surface area contributed by atoms with E-state index in [1.165, 1.54) is 16.8 Å². The van der Waals surface area contributed by atoms with Crippen molar-refractivity contribution in [1.82, 2.24) is 14.9 Å². The van der Waals surface area contributed by atoms with Gasteiger partial charge in [-0.2, -0.15) is 5.26 Å². The normalized spacial score (nSPS) is 16.8. The van der Waals surface area contributed by atoms with Crippen LogP contribution < -0.4 is 9.64 Å². The van der Waals surface area contributed by atoms with E-state index in [0.29, 0.717) is 26.2 Å². The molecule has 0 bridgehead atoms. The summed E-state index contributed by atoms with van der Waals surface area (Å²) < 4.78 is 6.27. The molecule has 7 nitrogen and oxygen atoms in total. The third kappa shape index (κ3) is 3.87. The molecule has 0 spiro atoms. The Morgan fingerprint density at radius 2 is 2.03 bits per heavy atom. The first-order valence-electron chi connectivity index (χ1n) is 12.3. The molecule has 1 aromatic heterocycles. The Hall–Kier alpha value is -4.70. The first-order valence-corrected chi connectivity index (χ1v) is 12.3. The number of piperazine rings is 1. The Balaban J connectivity index is 1.51. The topological polar surface area (TPSA) is 82.3 Å².